The highest BCUT2D eigenvalue weighted by Crippen LogP contribution is 2.26. The van der Waals surface area contributed by atoms with Crippen LogP contribution in [-0.2, 0) is 9.59 Å². The minimum absolute atomic E-state index is 0.0319. The van der Waals surface area contributed by atoms with Crippen molar-refractivity contribution in [1.29, 1.82) is 0 Å². The molecule has 3 N–H and O–H groups in total. The Kier molecular flexibility index (Phi) is 3.85. The van der Waals surface area contributed by atoms with Crippen molar-refractivity contribution in [3.63, 3.8) is 0 Å². The van der Waals surface area contributed by atoms with Crippen molar-refractivity contribution in [1.82, 2.24) is 4.90 Å². The van der Waals surface area contributed by atoms with Gasteiger partial charge in [0.05, 0.1) is 5.92 Å². The normalized spacial score (nSPS) is 18.5. The molecule has 1 aromatic rings. The summed E-state index contributed by atoms with van der Waals surface area (Å²) in [5, 5.41) is 8.90. The lowest BCUT2D eigenvalue weighted by atomic mass is 9.86. The quantitative estimate of drug-likeness (QED) is 0.843. The maximum absolute atomic E-state index is 12.1. The van der Waals surface area contributed by atoms with Gasteiger partial charge in [0.2, 0.25) is 5.91 Å². The highest BCUT2D eigenvalue weighted by molar-refractivity contribution is 5.84. The van der Waals surface area contributed by atoms with E-state index in [2.05, 4.69) is 0 Å². The van der Waals surface area contributed by atoms with E-state index in [1.165, 1.54) is 0 Å². The smallest absolute Gasteiger partial charge is 0.306 e. The van der Waals surface area contributed by atoms with Gasteiger partial charge in [0.1, 0.15) is 6.04 Å². The number of carbonyl (C=O) groups is 2. The second-order valence-electron chi connectivity index (χ2n) is 5.02. The molecule has 2 unspecified atom stereocenters. The first-order valence-electron chi connectivity index (χ1n) is 6.33. The highest BCUT2D eigenvalue weighted by Gasteiger charge is 2.38. The third kappa shape index (κ3) is 2.76. The summed E-state index contributed by atoms with van der Waals surface area (Å²) in [5.74, 6) is -1.34. The molecule has 1 amide bonds. The first kappa shape index (κ1) is 13.5. The van der Waals surface area contributed by atoms with Crippen LogP contribution in [0.2, 0.25) is 0 Å². The molecule has 102 valence electrons. The summed E-state index contributed by atoms with van der Waals surface area (Å²) in [5.41, 5.74) is 6.70. The van der Waals surface area contributed by atoms with Gasteiger partial charge in [0, 0.05) is 19.0 Å². The molecule has 0 aromatic heterocycles. The number of amides is 1. The fourth-order valence-electron chi connectivity index (χ4n) is 2.21. The lowest BCUT2D eigenvalue weighted by Crippen LogP contribution is -2.55. The fraction of sp³-hybridized carbons (Fsp3) is 0.429. The first-order chi connectivity index (χ1) is 9.00. The summed E-state index contributed by atoms with van der Waals surface area (Å²) >= 11 is 0. The van der Waals surface area contributed by atoms with Gasteiger partial charge in [-0.3, -0.25) is 9.59 Å². The van der Waals surface area contributed by atoms with Gasteiger partial charge in [-0.25, -0.2) is 0 Å². The number of aliphatic carboxylic acids is 1. The summed E-state index contributed by atoms with van der Waals surface area (Å²) in [7, 11) is 0. The minimum atomic E-state index is -0.815. The second kappa shape index (κ2) is 5.40. The number of likely N-dealkylation sites (tertiary alicyclic amines) is 1. The van der Waals surface area contributed by atoms with Crippen LogP contribution >= 0.6 is 0 Å². The molecule has 0 bridgehead atoms. The zero-order valence-electron chi connectivity index (χ0n) is 10.8. The van der Waals surface area contributed by atoms with Crippen LogP contribution in [0.25, 0.3) is 0 Å². The number of benzene rings is 1. The van der Waals surface area contributed by atoms with Crippen LogP contribution in [0.4, 0.5) is 0 Å². The number of hydrogen-bond acceptors (Lipinski definition) is 3. The third-order valence-electron chi connectivity index (χ3n) is 3.74. The molecule has 1 saturated heterocycles. The Morgan fingerprint density at radius 3 is 2.42 bits per heavy atom. The van der Waals surface area contributed by atoms with Crippen LogP contribution in [0, 0.1) is 11.8 Å². The van der Waals surface area contributed by atoms with Crippen LogP contribution in [0.5, 0.6) is 0 Å². The van der Waals surface area contributed by atoms with Crippen LogP contribution in [0.3, 0.4) is 0 Å². The van der Waals surface area contributed by atoms with Gasteiger partial charge in [-0.05, 0) is 5.56 Å². The predicted octanol–water partition coefficient (Wildman–Crippen LogP) is 0.865. The molecule has 5 nitrogen and oxygen atoms in total. The number of rotatable bonds is 4. The lowest BCUT2D eigenvalue weighted by molar-refractivity contribution is -0.151. The molecule has 2 rings (SSSR count). The van der Waals surface area contributed by atoms with Crippen molar-refractivity contribution in [2.45, 2.75) is 13.0 Å². The molecular formula is C14H18N2O3. The Hall–Kier alpha value is -1.88. The van der Waals surface area contributed by atoms with E-state index in [9.17, 15) is 9.59 Å². The minimum Gasteiger partial charge on any atom is -0.481 e. The summed E-state index contributed by atoms with van der Waals surface area (Å²) in [6, 6.07) is 8.53. The van der Waals surface area contributed by atoms with Gasteiger partial charge in [0.15, 0.2) is 0 Å². The Labute approximate surface area is 112 Å². The number of nitrogens with two attached hydrogens (primary N) is 1. The fourth-order valence-corrected chi connectivity index (χ4v) is 2.21. The molecule has 1 aliphatic rings. The van der Waals surface area contributed by atoms with Crippen molar-refractivity contribution in [3.05, 3.63) is 35.9 Å². The zero-order valence-corrected chi connectivity index (χ0v) is 10.8. The molecule has 0 spiro atoms. The zero-order chi connectivity index (χ0) is 14.0. The summed E-state index contributed by atoms with van der Waals surface area (Å²) in [4.78, 5) is 24.6. The Bertz CT molecular complexity index is 469. The van der Waals surface area contributed by atoms with Crippen LogP contribution in [0.15, 0.2) is 30.3 Å². The topological polar surface area (TPSA) is 83.6 Å². The largest absolute Gasteiger partial charge is 0.481 e. The highest BCUT2D eigenvalue weighted by atomic mass is 16.4. The number of nitrogens with zero attached hydrogens (tertiary/aromatic N) is 1. The molecule has 5 heteroatoms. The molecule has 0 aliphatic carbocycles. The predicted molar refractivity (Wildman–Crippen MR) is 70.2 cm³/mol. The average molecular weight is 262 g/mol. The lowest BCUT2D eigenvalue weighted by Gasteiger charge is -2.42. The number of carboxylic acids is 1. The van der Waals surface area contributed by atoms with Crippen LogP contribution < -0.4 is 5.73 Å². The third-order valence-corrected chi connectivity index (χ3v) is 3.74. The second-order valence-corrected chi connectivity index (χ2v) is 5.02. The number of carbonyl (C=O) groups excluding carboxylic acids is 1. The van der Waals surface area contributed by atoms with Crippen molar-refractivity contribution in [2.24, 2.45) is 17.6 Å². The van der Waals surface area contributed by atoms with Crippen LogP contribution in [-0.4, -0.2) is 35.0 Å². The monoisotopic (exact) mass is 262 g/mol. The van der Waals surface area contributed by atoms with E-state index in [0.29, 0.717) is 13.1 Å². The molecule has 0 saturated carbocycles. The standard InChI is InChI=1S/C14H18N2O3/c1-9(14(18)19)11-7-16(8-11)13(17)12(15)10-5-3-2-4-6-10/h2-6,9,11-12H,7-8,15H2,1H3,(H,18,19). The number of hydrogen-bond donors (Lipinski definition) is 2. The van der Waals surface area contributed by atoms with Gasteiger partial charge in [0.25, 0.3) is 0 Å². The van der Waals surface area contributed by atoms with E-state index in [1.807, 2.05) is 30.3 Å². The van der Waals surface area contributed by atoms with Crippen LogP contribution in [0.1, 0.15) is 18.5 Å². The Balaban J connectivity index is 1.92. The van der Waals surface area contributed by atoms with Crippen molar-refractivity contribution < 1.29 is 14.7 Å². The van der Waals surface area contributed by atoms with Gasteiger partial charge in [-0.1, -0.05) is 37.3 Å². The molecule has 0 radical (unpaired) electrons. The molecule has 1 aromatic carbocycles. The van der Waals surface area contributed by atoms with E-state index in [1.54, 1.807) is 11.8 Å². The van der Waals surface area contributed by atoms with Crippen molar-refractivity contribution in [2.75, 3.05) is 13.1 Å². The van der Waals surface area contributed by atoms with Gasteiger partial charge in [-0.15, -0.1) is 0 Å². The Morgan fingerprint density at radius 2 is 1.89 bits per heavy atom. The van der Waals surface area contributed by atoms with Gasteiger partial charge < -0.3 is 15.7 Å². The van der Waals surface area contributed by atoms with E-state index in [4.69, 9.17) is 10.8 Å². The Morgan fingerprint density at radius 1 is 1.32 bits per heavy atom. The van der Waals surface area contributed by atoms with E-state index in [0.717, 1.165) is 5.56 Å². The van der Waals surface area contributed by atoms with Crippen molar-refractivity contribution in [3.8, 4) is 0 Å². The molecule has 1 aliphatic heterocycles. The van der Waals surface area contributed by atoms with E-state index >= 15 is 0 Å². The van der Waals surface area contributed by atoms with E-state index < -0.39 is 17.9 Å². The SMILES string of the molecule is CC(C(=O)O)C1CN(C(=O)C(N)c2ccccc2)C1. The molecule has 1 fully saturated rings. The molecule has 2 atom stereocenters. The maximum atomic E-state index is 12.1. The van der Waals surface area contributed by atoms with Crippen molar-refractivity contribution >= 4 is 11.9 Å². The van der Waals surface area contributed by atoms with Gasteiger partial charge >= 0.3 is 5.97 Å². The summed E-state index contributed by atoms with van der Waals surface area (Å²) in [6.45, 7) is 2.63. The maximum Gasteiger partial charge on any atom is 0.306 e. The molecule has 19 heavy (non-hydrogen) atoms. The van der Waals surface area contributed by atoms with Gasteiger partial charge in [-0.2, -0.15) is 0 Å². The van der Waals surface area contributed by atoms with E-state index in [-0.39, 0.29) is 11.8 Å². The molecular weight excluding hydrogens is 244 g/mol. The first-order valence-corrected chi connectivity index (χ1v) is 6.33. The summed E-state index contributed by atoms with van der Waals surface area (Å²) < 4.78 is 0. The summed E-state index contributed by atoms with van der Waals surface area (Å²) in [6.07, 6.45) is 0. The average Bonchev–Trinajstić information content (AvgIpc) is 2.36. The molecule has 1 heterocycles. The number of carboxylic acid groups (broad SMARTS) is 1.